The monoisotopic (exact) mass is 528 g/mol. The minimum atomic E-state index is -4.87. The van der Waals surface area contributed by atoms with Gasteiger partial charge in [-0.3, -0.25) is 20.1 Å². The quantitative estimate of drug-likeness (QED) is 0.250. The van der Waals surface area contributed by atoms with Crippen molar-refractivity contribution in [3.8, 4) is 0 Å². The van der Waals surface area contributed by atoms with Gasteiger partial charge in [0.2, 0.25) is 5.60 Å². The summed E-state index contributed by atoms with van der Waals surface area (Å²) in [6.45, 7) is 0. The first-order valence-corrected chi connectivity index (χ1v) is 10.6. The van der Waals surface area contributed by atoms with Crippen molar-refractivity contribution in [1.29, 1.82) is 0 Å². The number of carbonyl (C=O) groups is 1. The number of halogens is 6. The average Bonchev–Trinajstić information content (AvgIpc) is 3.25. The summed E-state index contributed by atoms with van der Waals surface area (Å²) in [5.74, 6) is 5.39. The zero-order valence-electron chi connectivity index (χ0n) is 16.9. The van der Waals surface area contributed by atoms with Crippen molar-refractivity contribution in [3.05, 3.63) is 98.8 Å². The van der Waals surface area contributed by atoms with E-state index in [1.165, 1.54) is 48.8 Å². The predicted octanol–water partition coefficient (Wildman–Crippen LogP) is 5.90. The van der Waals surface area contributed by atoms with Crippen molar-refractivity contribution in [3.63, 3.8) is 0 Å². The molecule has 4 rings (SSSR count). The molecule has 3 aromatic rings. The zero-order chi connectivity index (χ0) is 24.7. The number of pyridine rings is 1. The molecule has 0 saturated carbocycles. The van der Waals surface area contributed by atoms with E-state index in [1.807, 2.05) is 0 Å². The molecule has 1 atom stereocenters. The van der Waals surface area contributed by atoms with E-state index in [2.05, 4.69) is 10.5 Å². The number of alkyl halides is 3. The first-order chi connectivity index (χ1) is 16.0. The third-order valence-corrected chi connectivity index (χ3v) is 5.80. The maximum Gasteiger partial charge on any atom is 0.428 e. The number of nitrogens with two attached hydrogens (primary N) is 1. The Hall–Kier alpha value is -2.82. The predicted molar refractivity (Wildman–Crippen MR) is 123 cm³/mol. The van der Waals surface area contributed by atoms with Gasteiger partial charge in [-0.15, -0.1) is 0 Å². The molecule has 1 amide bonds. The number of anilines is 1. The molecule has 1 aliphatic rings. The molecule has 176 valence electrons. The van der Waals surface area contributed by atoms with Gasteiger partial charge in [0, 0.05) is 39.1 Å². The average molecular weight is 530 g/mol. The van der Waals surface area contributed by atoms with E-state index in [1.54, 1.807) is 0 Å². The highest BCUT2D eigenvalue weighted by Gasteiger charge is 2.59. The van der Waals surface area contributed by atoms with Gasteiger partial charge in [-0.25, -0.2) is 10.9 Å². The third-order valence-electron chi connectivity index (χ3n) is 5.04. The van der Waals surface area contributed by atoms with Gasteiger partial charge in [0.05, 0.1) is 16.4 Å². The van der Waals surface area contributed by atoms with Crippen LogP contribution in [-0.2, 0) is 10.4 Å². The molecule has 0 saturated heterocycles. The summed E-state index contributed by atoms with van der Waals surface area (Å²) in [5, 5.41) is 0.931. The molecule has 2 aromatic carbocycles. The second-order valence-corrected chi connectivity index (χ2v) is 8.51. The van der Waals surface area contributed by atoms with Crippen LogP contribution in [0.1, 0.15) is 21.5 Å². The number of amides is 1. The van der Waals surface area contributed by atoms with Crippen LogP contribution in [-0.4, -0.2) is 17.1 Å². The summed E-state index contributed by atoms with van der Waals surface area (Å²) >= 11 is 18.1. The van der Waals surface area contributed by atoms with Crippen LogP contribution >= 0.6 is 34.8 Å². The Bertz CT molecular complexity index is 1270. The lowest BCUT2D eigenvalue weighted by atomic mass is 9.91. The topological polar surface area (TPSA) is 80.5 Å². The fourth-order valence-electron chi connectivity index (χ4n) is 3.36. The maximum absolute atomic E-state index is 14.2. The second-order valence-electron chi connectivity index (χ2n) is 7.23. The zero-order valence-corrected chi connectivity index (χ0v) is 19.2. The van der Waals surface area contributed by atoms with Crippen LogP contribution < -0.4 is 16.3 Å². The molecule has 1 aliphatic heterocycles. The molecule has 0 radical (unpaired) electrons. The Morgan fingerprint density at radius 2 is 1.68 bits per heavy atom. The van der Waals surface area contributed by atoms with E-state index in [9.17, 15) is 18.0 Å². The Balaban J connectivity index is 1.76. The van der Waals surface area contributed by atoms with E-state index in [4.69, 9.17) is 45.5 Å². The molecule has 34 heavy (non-hydrogen) atoms. The van der Waals surface area contributed by atoms with Crippen LogP contribution in [0.25, 0.3) is 5.70 Å². The van der Waals surface area contributed by atoms with Gasteiger partial charge in [0.15, 0.2) is 0 Å². The number of carbonyl (C=O) groups excluding carboxylic acids is 1. The fourth-order valence-corrected chi connectivity index (χ4v) is 4.10. The highest BCUT2D eigenvalue weighted by Crippen LogP contribution is 2.48. The summed E-state index contributed by atoms with van der Waals surface area (Å²) in [7, 11) is 0. The van der Waals surface area contributed by atoms with Gasteiger partial charge in [-0.1, -0.05) is 40.9 Å². The summed E-state index contributed by atoms with van der Waals surface area (Å²) in [6.07, 6.45) is -1.18. The van der Waals surface area contributed by atoms with Gasteiger partial charge in [-0.2, -0.15) is 13.2 Å². The lowest BCUT2D eigenvalue weighted by Gasteiger charge is -2.28. The standard InChI is InChI=1S/C22H14Cl3F3N4O2/c23-15-8-14(9-16(24)10-15)21(22(26,27)28)11-18(31-34-21)13-1-2-17(25)19(7-13)32(29)20(33)12-3-5-30-6-4-12/h1-11,31H,29H2. The van der Waals surface area contributed by atoms with Crippen molar-refractivity contribution in [2.75, 3.05) is 5.01 Å². The molecule has 12 heteroatoms. The van der Waals surface area contributed by atoms with Crippen molar-refractivity contribution < 1.29 is 22.8 Å². The molecule has 1 unspecified atom stereocenters. The smallest absolute Gasteiger partial charge is 0.267 e. The fraction of sp³-hybridized carbons (Fsp3) is 0.0909. The number of hydrogen-bond donors (Lipinski definition) is 2. The van der Waals surface area contributed by atoms with Crippen LogP contribution in [0, 0.1) is 0 Å². The minimum Gasteiger partial charge on any atom is -0.267 e. The van der Waals surface area contributed by atoms with Crippen LogP contribution in [0.3, 0.4) is 0 Å². The molecule has 1 aromatic heterocycles. The number of hydrogen-bond acceptors (Lipinski definition) is 5. The first-order valence-electron chi connectivity index (χ1n) is 9.51. The number of nitrogens with zero attached hydrogens (tertiary/aromatic N) is 2. The number of aromatic nitrogens is 1. The van der Waals surface area contributed by atoms with Crippen molar-refractivity contribution >= 4 is 52.1 Å². The molecule has 2 heterocycles. The SMILES string of the molecule is NN(C(=O)c1ccncc1)c1cc(C2=CC(c3cc(Cl)cc(Cl)c3)(C(F)(F)F)ON2)ccc1Cl. The van der Waals surface area contributed by atoms with Gasteiger partial charge >= 0.3 is 6.18 Å². The van der Waals surface area contributed by atoms with E-state index >= 15 is 0 Å². The molecular formula is C22H14Cl3F3N4O2. The van der Waals surface area contributed by atoms with E-state index < -0.39 is 17.7 Å². The molecular weight excluding hydrogens is 516 g/mol. The number of rotatable bonds is 4. The Morgan fingerprint density at radius 1 is 1.03 bits per heavy atom. The molecule has 3 N–H and O–H groups in total. The molecule has 0 aliphatic carbocycles. The van der Waals surface area contributed by atoms with Gasteiger partial charge in [-0.05, 0) is 48.5 Å². The van der Waals surface area contributed by atoms with E-state index in [0.29, 0.717) is 0 Å². The largest absolute Gasteiger partial charge is 0.428 e. The van der Waals surface area contributed by atoms with Crippen molar-refractivity contribution in [2.24, 2.45) is 5.84 Å². The number of hydrazine groups is 1. The number of hydroxylamine groups is 1. The van der Waals surface area contributed by atoms with Crippen LogP contribution in [0.4, 0.5) is 18.9 Å². The van der Waals surface area contributed by atoms with Gasteiger partial charge < -0.3 is 0 Å². The third kappa shape index (κ3) is 4.45. The molecule has 0 spiro atoms. The Labute approximate surface area is 206 Å². The molecule has 0 fully saturated rings. The summed E-state index contributed by atoms with van der Waals surface area (Å²) < 4.78 is 42.7. The van der Waals surface area contributed by atoms with Crippen molar-refractivity contribution in [1.82, 2.24) is 10.5 Å². The number of benzene rings is 2. The Morgan fingerprint density at radius 3 is 2.29 bits per heavy atom. The Kier molecular flexibility index (Phi) is 6.50. The minimum absolute atomic E-state index is 0.0127. The highest BCUT2D eigenvalue weighted by atomic mass is 35.5. The first kappa shape index (κ1) is 24.3. The van der Waals surface area contributed by atoms with Crippen molar-refractivity contribution in [2.45, 2.75) is 11.8 Å². The summed E-state index contributed by atoms with van der Waals surface area (Å²) in [6, 6.07) is 10.7. The summed E-state index contributed by atoms with van der Waals surface area (Å²) in [4.78, 5) is 21.6. The highest BCUT2D eigenvalue weighted by molar-refractivity contribution is 6.35. The summed E-state index contributed by atoms with van der Waals surface area (Å²) in [5.41, 5.74) is -0.358. The normalized spacial score (nSPS) is 17.8. The number of nitrogens with one attached hydrogen (secondary N) is 1. The maximum atomic E-state index is 14.2. The molecule has 6 nitrogen and oxygen atoms in total. The molecule has 0 bridgehead atoms. The second kappa shape index (κ2) is 9.09. The van der Waals surface area contributed by atoms with Crippen LogP contribution in [0.2, 0.25) is 15.1 Å². The van der Waals surface area contributed by atoms with Gasteiger partial charge in [0.25, 0.3) is 5.91 Å². The van der Waals surface area contributed by atoms with E-state index in [-0.39, 0.29) is 43.1 Å². The van der Waals surface area contributed by atoms with Crippen LogP contribution in [0.5, 0.6) is 0 Å². The van der Waals surface area contributed by atoms with Crippen LogP contribution in [0.15, 0.2) is 67.0 Å². The van der Waals surface area contributed by atoms with E-state index in [0.717, 1.165) is 23.2 Å². The van der Waals surface area contributed by atoms with Gasteiger partial charge in [0.1, 0.15) is 0 Å². The lowest BCUT2D eigenvalue weighted by molar-refractivity contribution is -0.269. The lowest BCUT2D eigenvalue weighted by Crippen LogP contribution is -2.42.